The van der Waals surface area contributed by atoms with Gasteiger partial charge >= 0.3 is 0 Å². The Balaban J connectivity index is 1.33. The van der Waals surface area contributed by atoms with E-state index in [4.69, 9.17) is 16.3 Å². The van der Waals surface area contributed by atoms with Gasteiger partial charge in [-0.05, 0) is 49.3 Å². The van der Waals surface area contributed by atoms with Crippen LogP contribution in [0.4, 0.5) is 10.1 Å². The molecule has 0 amide bonds. The van der Waals surface area contributed by atoms with Crippen LogP contribution in [0.3, 0.4) is 0 Å². The largest absolute Gasteiger partial charge is 0.382 e. The molecule has 1 aromatic heterocycles. The minimum atomic E-state index is -0.237. The number of likely N-dealkylation sites (tertiary alicyclic amines) is 1. The van der Waals surface area contributed by atoms with Crippen LogP contribution in [0.2, 0.25) is 5.02 Å². The van der Waals surface area contributed by atoms with E-state index in [0.717, 1.165) is 70.6 Å². The van der Waals surface area contributed by atoms with Crippen LogP contribution in [0, 0.1) is 11.7 Å². The molecule has 162 valence electrons. The SMILES string of the molecule is O=c1c(Cl)c(NCC2CCCOC2)cnn1C1CCN(Cc2ccc(F)cc2)CC1. The fourth-order valence-electron chi connectivity index (χ4n) is 4.22. The second kappa shape index (κ2) is 9.90. The quantitative estimate of drug-likeness (QED) is 0.751. The standard InChI is InChI=1S/C22H28ClFN4O2/c23-21-20(25-12-17-2-1-11-30-15-17)13-26-28(22(21)29)19-7-9-27(10-8-19)14-16-3-5-18(24)6-4-16/h3-6,13,17,19,25H,1-2,7-12,14-15H2. The van der Waals surface area contributed by atoms with Gasteiger partial charge in [0.15, 0.2) is 0 Å². The highest BCUT2D eigenvalue weighted by molar-refractivity contribution is 6.32. The highest BCUT2D eigenvalue weighted by Crippen LogP contribution is 2.24. The van der Waals surface area contributed by atoms with Gasteiger partial charge in [0, 0.05) is 32.8 Å². The molecule has 0 aliphatic carbocycles. The Bertz CT molecular complexity index is 891. The Morgan fingerprint density at radius 1 is 1.20 bits per heavy atom. The average molecular weight is 435 g/mol. The summed E-state index contributed by atoms with van der Waals surface area (Å²) in [5.41, 5.74) is 1.45. The molecular weight excluding hydrogens is 407 g/mol. The van der Waals surface area contributed by atoms with Crippen molar-refractivity contribution in [2.75, 3.05) is 38.2 Å². The molecular formula is C22H28ClFN4O2. The summed E-state index contributed by atoms with van der Waals surface area (Å²) in [5.74, 6) is 0.215. The van der Waals surface area contributed by atoms with Crippen molar-refractivity contribution in [1.29, 1.82) is 0 Å². The zero-order chi connectivity index (χ0) is 20.9. The summed E-state index contributed by atoms with van der Waals surface area (Å²) in [5, 5.41) is 7.88. The number of nitrogens with zero attached hydrogens (tertiary/aromatic N) is 3. The summed E-state index contributed by atoms with van der Waals surface area (Å²) in [6, 6.07) is 6.66. The summed E-state index contributed by atoms with van der Waals surface area (Å²) in [6.07, 6.45) is 5.51. The molecule has 6 nitrogen and oxygen atoms in total. The van der Waals surface area contributed by atoms with Gasteiger partial charge in [-0.1, -0.05) is 23.7 Å². The first-order valence-corrected chi connectivity index (χ1v) is 11.0. The third-order valence-corrected chi connectivity index (χ3v) is 6.37. The first-order chi connectivity index (χ1) is 14.6. The van der Waals surface area contributed by atoms with Gasteiger partial charge in [0.1, 0.15) is 10.8 Å². The van der Waals surface area contributed by atoms with Gasteiger partial charge in [-0.3, -0.25) is 9.69 Å². The van der Waals surface area contributed by atoms with Crippen LogP contribution >= 0.6 is 11.6 Å². The Labute approximate surface area is 181 Å². The van der Waals surface area contributed by atoms with Crippen LogP contribution in [0.1, 0.15) is 37.3 Å². The van der Waals surface area contributed by atoms with E-state index in [-0.39, 0.29) is 22.4 Å². The highest BCUT2D eigenvalue weighted by Gasteiger charge is 2.24. The fourth-order valence-corrected chi connectivity index (χ4v) is 4.42. The van der Waals surface area contributed by atoms with Gasteiger partial charge in [0.2, 0.25) is 0 Å². The molecule has 1 N–H and O–H groups in total. The first-order valence-electron chi connectivity index (χ1n) is 10.7. The van der Waals surface area contributed by atoms with Crippen molar-refractivity contribution < 1.29 is 9.13 Å². The molecule has 1 unspecified atom stereocenters. The number of anilines is 1. The molecule has 0 radical (unpaired) electrons. The van der Waals surface area contributed by atoms with Crippen LogP contribution in [0.15, 0.2) is 35.3 Å². The van der Waals surface area contributed by atoms with Gasteiger partial charge in [-0.2, -0.15) is 5.10 Å². The predicted octanol–water partition coefficient (Wildman–Crippen LogP) is 3.71. The molecule has 2 aliphatic heterocycles. The lowest BCUT2D eigenvalue weighted by Crippen LogP contribution is -2.38. The number of piperidine rings is 1. The van der Waals surface area contributed by atoms with Crippen LogP contribution in [0.5, 0.6) is 0 Å². The fraction of sp³-hybridized carbons (Fsp3) is 0.545. The molecule has 4 rings (SSSR count). The van der Waals surface area contributed by atoms with E-state index in [1.165, 1.54) is 16.8 Å². The van der Waals surface area contributed by atoms with E-state index < -0.39 is 0 Å². The van der Waals surface area contributed by atoms with Crippen molar-refractivity contribution in [1.82, 2.24) is 14.7 Å². The smallest absolute Gasteiger partial charge is 0.287 e. The van der Waals surface area contributed by atoms with Gasteiger partial charge in [-0.15, -0.1) is 0 Å². The monoisotopic (exact) mass is 434 g/mol. The van der Waals surface area contributed by atoms with E-state index in [1.54, 1.807) is 6.20 Å². The Morgan fingerprint density at radius 3 is 2.67 bits per heavy atom. The topological polar surface area (TPSA) is 59.4 Å². The Kier molecular flexibility index (Phi) is 7.02. The molecule has 30 heavy (non-hydrogen) atoms. The summed E-state index contributed by atoms with van der Waals surface area (Å²) in [7, 11) is 0. The number of hydrogen-bond acceptors (Lipinski definition) is 5. The van der Waals surface area contributed by atoms with Crippen LogP contribution < -0.4 is 10.9 Å². The normalized spacial score (nSPS) is 20.9. The number of benzene rings is 1. The molecule has 2 fully saturated rings. The third kappa shape index (κ3) is 5.20. The second-order valence-electron chi connectivity index (χ2n) is 8.22. The van der Waals surface area contributed by atoms with Crippen molar-refractivity contribution in [2.45, 2.75) is 38.3 Å². The summed E-state index contributed by atoms with van der Waals surface area (Å²) < 4.78 is 20.1. The minimum Gasteiger partial charge on any atom is -0.382 e. The molecule has 0 spiro atoms. The molecule has 2 saturated heterocycles. The van der Waals surface area contributed by atoms with E-state index in [9.17, 15) is 9.18 Å². The average Bonchev–Trinajstić information content (AvgIpc) is 2.78. The van der Waals surface area contributed by atoms with E-state index in [0.29, 0.717) is 11.6 Å². The van der Waals surface area contributed by atoms with Gasteiger partial charge in [0.05, 0.1) is 24.5 Å². The summed E-state index contributed by atoms with van der Waals surface area (Å²) >= 11 is 6.38. The number of nitrogens with one attached hydrogen (secondary N) is 1. The van der Waals surface area contributed by atoms with Crippen molar-refractivity contribution in [3.05, 3.63) is 57.2 Å². The number of rotatable bonds is 6. The van der Waals surface area contributed by atoms with Crippen LogP contribution in [-0.2, 0) is 11.3 Å². The van der Waals surface area contributed by atoms with Crippen molar-refractivity contribution >= 4 is 17.3 Å². The molecule has 0 bridgehead atoms. The lowest BCUT2D eigenvalue weighted by Gasteiger charge is -2.32. The maximum Gasteiger partial charge on any atom is 0.287 e. The minimum absolute atomic E-state index is 0.0419. The molecule has 1 aromatic carbocycles. The molecule has 2 aliphatic rings. The highest BCUT2D eigenvalue weighted by atomic mass is 35.5. The van der Waals surface area contributed by atoms with E-state index in [1.807, 2.05) is 12.1 Å². The molecule has 0 saturated carbocycles. The molecule has 2 aromatic rings. The first kappa shape index (κ1) is 21.3. The lowest BCUT2D eigenvalue weighted by atomic mass is 10.0. The maximum atomic E-state index is 13.1. The van der Waals surface area contributed by atoms with E-state index in [2.05, 4.69) is 15.3 Å². The number of hydrogen-bond donors (Lipinski definition) is 1. The van der Waals surface area contributed by atoms with Gasteiger partial charge < -0.3 is 10.1 Å². The Hall–Kier alpha value is -1.96. The Morgan fingerprint density at radius 2 is 1.97 bits per heavy atom. The van der Waals surface area contributed by atoms with Crippen molar-refractivity contribution in [2.24, 2.45) is 5.92 Å². The lowest BCUT2D eigenvalue weighted by molar-refractivity contribution is 0.0595. The number of halogens is 2. The van der Waals surface area contributed by atoms with Crippen molar-refractivity contribution in [3.8, 4) is 0 Å². The molecule has 3 heterocycles. The van der Waals surface area contributed by atoms with E-state index >= 15 is 0 Å². The zero-order valence-corrected chi connectivity index (χ0v) is 17.8. The summed E-state index contributed by atoms with van der Waals surface area (Å²) in [4.78, 5) is 15.1. The van der Waals surface area contributed by atoms with Crippen LogP contribution in [-0.4, -0.2) is 47.5 Å². The number of ether oxygens (including phenoxy) is 1. The van der Waals surface area contributed by atoms with Crippen molar-refractivity contribution in [3.63, 3.8) is 0 Å². The van der Waals surface area contributed by atoms with Gasteiger partial charge in [0.25, 0.3) is 5.56 Å². The maximum absolute atomic E-state index is 13.1. The second-order valence-corrected chi connectivity index (χ2v) is 8.60. The number of aromatic nitrogens is 2. The summed E-state index contributed by atoms with van der Waals surface area (Å²) in [6.45, 7) is 4.80. The zero-order valence-electron chi connectivity index (χ0n) is 17.0. The third-order valence-electron chi connectivity index (χ3n) is 6.00. The molecule has 8 heteroatoms. The van der Waals surface area contributed by atoms with Crippen LogP contribution in [0.25, 0.3) is 0 Å². The predicted molar refractivity (Wildman–Crippen MR) is 115 cm³/mol. The van der Waals surface area contributed by atoms with Gasteiger partial charge in [-0.25, -0.2) is 9.07 Å². The molecule has 1 atom stereocenters.